The minimum absolute atomic E-state index is 0.574. The van der Waals surface area contributed by atoms with E-state index >= 15 is 0 Å². The van der Waals surface area contributed by atoms with Crippen LogP contribution >= 0.6 is 0 Å². The van der Waals surface area contributed by atoms with Gasteiger partial charge >= 0.3 is 0 Å². The van der Waals surface area contributed by atoms with Gasteiger partial charge in [-0.1, -0.05) is 6.42 Å². The van der Waals surface area contributed by atoms with Gasteiger partial charge in [0.2, 0.25) is 0 Å². The molecule has 0 saturated carbocycles. The lowest BCUT2D eigenvalue weighted by Gasteiger charge is -2.34. The molecule has 110 valence electrons. The number of anilines is 1. The molecule has 3 rings (SSSR count). The van der Waals surface area contributed by atoms with E-state index in [4.69, 9.17) is 4.98 Å². The topological polar surface area (TPSA) is 19.4 Å². The first kappa shape index (κ1) is 13.9. The van der Waals surface area contributed by atoms with Gasteiger partial charge in [0.15, 0.2) is 0 Å². The maximum absolute atomic E-state index is 4.81. The molecular formula is C17H27N3. The summed E-state index contributed by atoms with van der Waals surface area (Å²) in [4.78, 5) is 9.76. The predicted molar refractivity (Wildman–Crippen MR) is 84.3 cm³/mol. The zero-order chi connectivity index (χ0) is 13.9. The zero-order valence-corrected chi connectivity index (χ0v) is 12.9. The first-order valence-electron chi connectivity index (χ1n) is 8.17. The second-order valence-electron chi connectivity index (χ2n) is 6.45. The number of aromatic nitrogens is 1. The molecule has 3 heterocycles. The summed E-state index contributed by atoms with van der Waals surface area (Å²) in [5, 5.41) is 0. The third-order valence-corrected chi connectivity index (χ3v) is 4.88. The number of hydrogen-bond acceptors (Lipinski definition) is 3. The van der Waals surface area contributed by atoms with E-state index in [1.165, 1.54) is 75.1 Å². The van der Waals surface area contributed by atoms with Crippen molar-refractivity contribution in [2.75, 3.05) is 31.6 Å². The maximum Gasteiger partial charge on any atom is 0.131 e. The largest absolute Gasteiger partial charge is 0.356 e. The predicted octanol–water partition coefficient (Wildman–Crippen LogP) is 3.54. The summed E-state index contributed by atoms with van der Waals surface area (Å²) in [6, 6.07) is 2.95. The highest BCUT2D eigenvalue weighted by atomic mass is 15.2. The lowest BCUT2D eigenvalue weighted by Crippen LogP contribution is -2.32. The summed E-state index contributed by atoms with van der Waals surface area (Å²) in [5.74, 6) is 1.21. The number of pyridine rings is 1. The fraction of sp³-hybridized carbons (Fsp3) is 0.706. The highest BCUT2D eigenvalue weighted by Crippen LogP contribution is 2.31. The molecule has 0 bridgehead atoms. The second-order valence-corrected chi connectivity index (χ2v) is 6.45. The van der Waals surface area contributed by atoms with Gasteiger partial charge in [-0.2, -0.15) is 0 Å². The Hall–Kier alpha value is -1.09. The highest BCUT2D eigenvalue weighted by molar-refractivity contribution is 5.48. The van der Waals surface area contributed by atoms with E-state index in [9.17, 15) is 0 Å². The Kier molecular flexibility index (Phi) is 4.25. The van der Waals surface area contributed by atoms with Crippen LogP contribution < -0.4 is 4.90 Å². The fourth-order valence-electron chi connectivity index (χ4n) is 3.70. The van der Waals surface area contributed by atoms with Crippen LogP contribution in [0.4, 0.5) is 5.82 Å². The number of aryl methyl sites for hydroxylation is 1. The van der Waals surface area contributed by atoms with Crippen molar-refractivity contribution in [3.05, 3.63) is 23.4 Å². The van der Waals surface area contributed by atoms with Crippen LogP contribution in [0.15, 0.2) is 12.3 Å². The average molecular weight is 273 g/mol. The van der Waals surface area contributed by atoms with E-state index in [0.29, 0.717) is 6.04 Å². The van der Waals surface area contributed by atoms with Gasteiger partial charge in [0.1, 0.15) is 5.82 Å². The number of likely N-dealkylation sites (tertiary alicyclic amines) is 1. The Morgan fingerprint density at radius 1 is 1.05 bits per heavy atom. The molecule has 0 radical (unpaired) electrons. The average Bonchev–Trinajstić information content (AvgIpc) is 2.48. The number of nitrogens with zero attached hydrogens (tertiary/aromatic N) is 3. The van der Waals surface area contributed by atoms with Crippen molar-refractivity contribution in [3.63, 3.8) is 0 Å². The van der Waals surface area contributed by atoms with E-state index in [2.05, 4.69) is 36.0 Å². The Morgan fingerprint density at radius 3 is 2.50 bits per heavy atom. The van der Waals surface area contributed by atoms with Crippen LogP contribution in [0.5, 0.6) is 0 Å². The minimum Gasteiger partial charge on any atom is -0.356 e. The van der Waals surface area contributed by atoms with Crippen molar-refractivity contribution >= 4 is 5.82 Å². The Balaban J connectivity index is 1.79. The third-order valence-electron chi connectivity index (χ3n) is 4.88. The molecule has 1 aromatic rings. The normalized spacial score (nSPS) is 24.9. The summed E-state index contributed by atoms with van der Waals surface area (Å²) in [5.41, 5.74) is 2.76. The van der Waals surface area contributed by atoms with Crippen LogP contribution in [0.2, 0.25) is 0 Å². The Labute approximate surface area is 123 Å². The van der Waals surface area contributed by atoms with Crippen molar-refractivity contribution in [1.82, 2.24) is 9.88 Å². The molecule has 0 aromatic carbocycles. The molecule has 0 spiro atoms. The molecular weight excluding hydrogens is 246 g/mol. The highest BCUT2D eigenvalue weighted by Gasteiger charge is 2.22. The number of rotatable bonds is 2. The van der Waals surface area contributed by atoms with Crippen LogP contribution in [0.1, 0.15) is 55.7 Å². The van der Waals surface area contributed by atoms with Crippen molar-refractivity contribution in [3.8, 4) is 0 Å². The molecule has 3 nitrogen and oxygen atoms in total. The fourth-order valence-corrected chi connectivity index (χ4v) is 3.70. The van der Waals surface area contributed by atoms with E-state index in [1.807, 2.05) is 0 Å². The number of hydrogen-bond donors (Lipinski definition) is 0. The summed E-state index contributed by atoms with van der Waals surface area (Å²) in [6.07, 6.45) is 10.1. The van der Waals surface area contributed by atoms with Gasteiger partial charge in [-0.25, -0.2) is 4.98 Å². The summed E-state index contributed by atoms with van der Waals surface area (Å²) in [7, 11) is 2.25. The second kappa shape index (κ2) is 6.13. The molecule has 0 aliphatic carbocycles. The number of piperidine rings is 2. The van der Waals surface area contributed by atoms with Gasteiger partial charge in [0.25, 0.3) is 0 Å². The molecule has 3 heteroatoms. The van der Waals surface area contributed by atoms with Crippen molar-refractivity contribution in [2.24, 2.45) is 0 Å². The van der Waals surface area contributed by atoms with Gasteiger partial charge in [-0.3, -0.25) is 4.90 Å². The molecule has 2 saturated heterocycles. The van der Waals surface area contributed by atoms with Gasteiger partial charge in [-0.15, -0.1) is 0 Å². The minimum atomic E-state index is 0.574. The van der Waals surface area contributed by atoms with Crippen LogP contribution in [0.25, 0.3) is 0 Å². The molecule has 2 aliphatic rings. The maximum atomic E-state index is 4.81. The van der Waals surface area contributed by atoms with Crippen molar-refractivity contribution in [1.29, 1.82) is 0 Å². The van der Waals surface area contributed by atoms with E-state index in [1.54, 1.807) is 0 Å². The first-order chi connectivity index (χ1) is 9.75. The first-order valence-corrected chi connectivity index (χ1v) is 8.17. The lowest BCUT2D eigenvalue weighted by molar-refractivity contribution is 0.187. The van der Waals surface area contributed by atoms with Gasteiger partial charge in [-0.05, 0) is 69.8 Å². The van der Waals surface area contributed by atoms with Crippen LogP contribution in [0, 0.1) is 6.92 Å². The molecule has 0 amide bonds. The molecule has 20 heavy (non-hydrogen) atoms. The van der Waals surface area contributed by atoms with Crippen LogP contribution in [-0.4, -0.2) is 36.6 Å². The summed E-state index contributed by atoms with van der Waals surface area (Å²) in [6.45, 7) is 5.80. The van der Waals surface area contributed by atoms with Gasteiger partial charge in [0, 0.05) is 25.3 Å². The van der Waals surface area contributed by atoms with E-state index in [-0.39, 0.29) is 0 Å². The molecule has 2 aliphatic heterocycles. The van der Waals surface area contributed by atoms with E-state index < -0.39 is 0 Å². The Bertz CT molecular complexity index is 452. The molecule has 1 atom stereocenters. The SMILES string of the molecule is Cc1cc(C2CCCCN2C)cnc1N1CCCCC1. The van der Waals surface area contributed by atoms with Crippen LogP contribution in [0.3, 0.4) is 0 Å². The summed E-state index contributed by atoms with van der Waals surface area (Å²) >= 11 is 0. The molecule has 1 aromatic heterocycles. The lowest BCUT2D eigenvalue weighted by atomic mass is 9.96. The third kappa shape index (κ3) is 2.83. The molecule has 0 N–H and O–H groups in total. The van der Waals surface area contributed by atoms with Gasteiger partial charge < -0.3 is 4.90 Å². The van der Waals surface area contributed by atoms with Crippen molar-refractivity contribution < 1.29 is 0 Å². The monoisotopic (exact) mass is 273 g/mol. The quantitative estimate of drug-likeness (QED) is 0.821. The van der Waals surface area contributed by atoms with Gasteiger partial charge in [0.05, 0.1) is 0 Å². The summed E-state index contributed by atoms with van der Waals surface area (Å²) < 4.78 is 0. The molecule has 2 fully saturated rings. The Morgan fingerprint density at radius 2 is 1.80 bits per heavy atom. The van der Waals surface area contributed by atoms with Crippen LogP contribution in [-0.2, 0) is 0 Å². The van der Waals surface area contributed by atoms with E-state index in [0.717, 1.165) is 0 Å². The standard InChI is InChI=1S/C17H27N3/c1-14-12-15(16-8-4-7-9-19(16)2)13-18-17(14)20-10-5-3-6-11-20/h12-13,16H,3-11H2,1-2H3. The molecule has 1 unspecified atom stereocenters. The smallest absolute Gasteiger partial charge is 0.131 e. The zero-order valence-electron chi connectivity index (χ0n) is 12.9. The van der Waals surface area contributed by atoms with Crippen molar-refractivity contribution in [2.45, 2.75) is 51.5 Å².